The van der Waals surface area contributed by atoms with Crippen molar-refractivity contribution < 1.29 is 4.74 Å². The van der Waals surface area contributed by atoms with E-state index in [0.717, 1.165) is 21.9 Å². The minimum absolute atomic E-state index is 0.550. The summed E-state index contributed by atoms with van der Waals surface area (Å²) in [4.78, 5) is 11.8. The van der Waals surface area contributed by atoms with E-state index < -0.39 is 0 Å². The molecule has 3 rings (SSSR count). The molecule has 3 aromatic heterocycles. The maximum Gasteiger partial charge on any atom is 0.215 e. The van der Waals surface area contributed by atoms with Gasteiger partial charge in [-0.3, -0.25) is 0 Å². The van der Waals surface area contributed by atoms with E-state index in [1.807, 2.05) is 17.5 Å². The number of fused-ring (bicyclic) bond motifs is 1. The third-order valence-electron chi connectivity index (χ3n) is 2.48. The van der Waals surface area contributed by atoms with Crippen molar-refractivity contribution in [3.8, 4) is 17.3 Å². The van der Waals surface area contributed by atoms with E-state index in [4.69, 9.17) is 10.5 Å². The molecule has 0 fully saturated rings. The normalized spacial score (nSPS) is 10.9. The number of hydrogen-bond donors (Lipinski definition) is 2. The molecular weight excluding hydrogens is 236 g/mol. The number of hydrogen-bond acceptors (Lipinski definition) is 5. The monoisotopic (exact) mass is 246 g/mol. The summed E-state index contributed by atoms with van der Waals surface area (Å²) < 4.78 is 5.06. The zero-order chi connectivity index (χ0) is 11.8. The van der Waals surface area contributed by atoms with E-state index in [-0.39, 0.29) is 0 Å². The Kier molecular flexibility index (Phi) is 2.22. The van der Waals surface area contributed by atoms with Crippen molar-refractivity contribution in [3.05, 3.63) is 23.6 Å². The largest absolute Gasteiger partial charge is 0.481 e. The number of nitrogens with one attached hydrogen (secondary N) is 1. The second-order valence-electron chi connectivity index (χ2n) is 3.51. The van der Waals surface area contributed by atoms with Gasteiger partial charge >= 0.3 is 0 Å². The predicted octanol–water partition coefficient (Wildman–Crippen LogP) is 2.28. The number of anilines is 1. The van der Waals surface area contributed by atoms with Gasteiger partial charge in [-0.15, -0.1) is 11.3 Å². The fourth-order valence-electron chi connectivity index (χ4n) is 1.63. The van der Waals surface area contributed by atoms with Crippen LogP contribution in [0.2, 0.25) is 0 Å². The van der Waals surface area contributed by atoms with Crippen LogP contribution < -0.4 is 10.5 Å². The molecule has 0 saturated carbocycles. The molecule has 0 aliphatic heterocycles. The Hall–Kier alpha value is -2.08. The second-order valence-corrected chi connectivity index (χ2v) is 4.46. The zero-order valence-corrected chi connectivity index (χ0v) is 9.91. The average molecular weight is 246 g/mol. The van der Waals surface area contributed by atoms with Gasteiger partial charge in [0.05, 0.1) is 23.2 Å². The third kappa shape index (κ3) is 1.62. The topological polar surface area (TPSA) is 76.8 Å². The first-order chi connectivity index (χ1) is 8.28. The number of pyridine rings is 1. The molecule has 0 radical (unpaired) electrons. The van der Waals surface area contributed by atoms with Crippen molar-refractivity contribution in [3.63, 3.8) is 0 Å². The molecule has 0 aromatic carbocycles. The maximum atomic E-state index is 5.86. The quantitative estimate of drug-likeness (QED) is 0.727. The summed E-state index contributed by atoms with van der Waals surface area (Å²) in [6, 6.07) is 5.62. The SMILES string of the molecule is COc1ccc2[nH]c(-c3ccsc3N)nc2n1. The number of nitrogen functional groups attached to an aromatic ring is 1. The molecular formula is C11H10N4OS. The molecule has 17 heavy (non-hydrogen) atoms. The van der Waals surface area contributed by atoms with Crippen LogP contribution in [0.25, 0.3) is 22.6 Å². The number of nitrogens with two attached hydrogens (primary N) is 1. The van der Waals surface area contributed by atoms with E-state index in [1.165, 1.54) is 11.3 Å². The molecule has 0 atom stereocenters. The summed E-state index contributed by atoms with van der Waals surface area (Å²) in [5, 5.41) is 2.68. The Balaban J connectivity index is 2.17. The first kappa shape index (κ1) is 10.1. The molecule has 3 N–H and O–H groups in total. The van der Waals surface area contributed by atoms with E-state index in [2.05, 4.69) is 15.0 Å². The highest BCUT2D eigenvalue weighted by Gasteiger charge is 2.10. The first-order valence-corrected chi connectivity index (χ1v) is 5.90. The highest BCUT2D eigenvalue weighted by molar-refractivity contribution is 7.14. The molecule has 0 unspecified atom stereocenters. The number of H-pyrrole nitrogens is 1. The highest BCUT2D eigenvalue weighted by Crippen LogP contribution is 2.29. The Labute approximate surface area is 101 Å². The van der Waals surface area contributed by atoms with Crippen molar-refractivity contribution in [1.82, 2.24) is 15.0 Å². The lowest BCUT2D eigenvalue weighted by molar-refractivity contribution is 0.399. The molecule has 6 heteroatoms. The van der Waals surface area contributed by atoms with E-state index in [0.29, 0.717) is 11.5 Å². The lowest BCUT2D eigenvalue weighted by Gasteiger charge is -1.95. The van der Waals surface area contributed by atoms with Gasteiger partial charge in [0.2, 0.25) is 5.88 Å². The molecule has 0 aliphatic carbocycles. The minimum Gasteiger partial charge on any atom is -0.481 e. The molecule has 0 bridgehead atoms. The van der Waals surface area contributed by atoms with E-state index in [9.17, 15) is 0 Å². The third-order valence-corrected chi connectivity index (χ3v) is 3.23. The van der Waals surface area contributed by atoms with E-state index >= 15 is 0 Å². The average Bonchev–Trinajstić information content (AvgIpc) is 2.93. The van der Waals surface area contributed by atoms with Crippen LogP contribution >= 0.6 is 11.3 Å². The van der Waals surface area contributed by atoms with Crippen molar-refractivity contribution in [2.75, 3.05) is 12.8 Å². The van der Waals surface area contributed by atoms with E-state index in [1.54, 1.807) is 13.2 Å². The molecule has 0 aliphatic rings. The van der Waals surface area contributed by atoms with Gasteiger partial charge in [-0.05, 0) is 17.5 Å². The van der Waals surface area contributed by atoms with Gasteiger partial charge in [-0.2, -0.15) is 4.98 Å². The van der Waals surface area contributed by atoms with Gasteiger partial charge in [-0.25, -0.2) is 4.98 Å². The van der Waals surface area contributed by atoms with Crippen molar-refractivity contribution >= 4 is 27.5 Å². The number of methoxy groups -OCH3 is 1. The van der Waals surface area contributed by atoms with Crippen LogP contribution in [0.1, 0.15) is 0 Å². The summed E-state index contributed by atoms with van der Waals surface area (Å²) in [5.41, 5.74) is 8.27. The summed E-state index contributed by atoms with van der Waals surface area (Å²) in [6.07, 6.45) is 0. The number of rotatable bonds is 2. The zero-order valence-electron chi connectivity index (χ0n) is 9.10. The van der Waals surface area contributed by atoms with Crippen LogP contribution in [0.3, 0.4) is 0 Å². The Morgan fingerprint density at radius 2 is 2.18 bits per heavy atom. The van der Waals surface area contributed by atoms with Crippen LogP contribution in [0, 0.1) is 0 Å². The standard InChI is InChI=1S/C11H10N4OS/c1-16-8-3-2-7-11(14-8)15-10(13-7)6-4-5-17-9(6)12/h2-5H,12H2,1H3,(H,13,14,15). The summed E-state index contributed by atoms with van der Waals surface area (Å²) in [5.74, 6) is 1.29. The smallest absolute Gasteiger partial charge is 0.215 e. The molecule has 86 valence electrons. The van der Waals surface area contributed by atoms with Gasteiger partial charge < -0.3 is 15.5 Å². The summed E-state index contributed by atoms with van der Waals surface area (Å²) >= 11 is 1.49. The lowest BCUT2D eigenvalue weighted by Crippen LogP contribution is -1.86. The lowest BCUT2D eigenvalue weighted by atomic mass is 10.3. The van der Waals surface area contributed by atoms with Crippen molar-refractivity contribution in [2.24, 2.45) is 0 Å². The number of aromatic nitrogens is 3. The Morgan fingerprint density at radius 3 is 2.88 bits per heavy atom. The predicted molar refractivity (Wildman–Crippen MR) is 68.2 cm³/mol. The first-order valence-electron chi connectivity index (χ1n) is 5.02. The van der Waals surface area contributed by atoms with Gasteiger partial charge in [0.25, 0.3) is 0 Å². The number of thiophene rings is 1. The summed E-state index contributed by atoms with van der Waals surface area (Å²) in [7, 11) is 1.58. The van der Waals surface area contributed by atoms with Gasteiger partial charge in [0.1, 0.15) is 5.82 Å². The fourth-order valence-corrected chi connectivity index (χ4v) is 2.28. The molecule has 0 spiro atoms. The van der Waals surface area contributed by atoms with Gasteiger partial charge in [-0.1, -0.05) is 0 Å². The van der Waals surface area contributed by atoms with Crippen LogP contribution in [-0.4, -0.2) is 22.1 Å². The number of imidazole rings is 1. The highest BCUT2D eigenvalue weighted by atomic mass is 32.1. The molecule has 5 nitrogen and oxygen atoms in total. The number of nitrogens with zero attached hydrogens (tertiary/aromatic N) is 2. The molecule has 0 amide bonds. The Morgan fingerprint density at radius 1 is 1.29 bits per heavy atom. The molecule has 0 saturated heterocycles. The van der Waals surface area contributed by atoms with Gasteiger partial charge in [0, 0.05) is 6.07 Å². The van der Waals surface area contributed by atoms with Crippen LogP contribution in [0.5, 0.6) is 5.88 Å². The van der Waals surface area contributed by atoms with Crippen LogP contribution in [0.15, 0.2) is 23.6 Å². The second kappa shape index (κ2) is 3.74. The van der Waals surface area contributed by atoms with Crippen LogP contribution in [0.4, 0.5) is 5.00 Å². The summed E-state index contributed by atoms with van der Waals surface area (Å²) in [6.45, 7) is 0. The number of ether oxygens (including phenoxy) is 1. The van der Waals surface area contributed by atoms with Crippen molar-refractivity contribution in [1.29, 1.82) is 0 Å². The van der Waals surface area contributed by atoms with Crippen molar-refractivity contribution in [2.45, 2.75) is 0 Å². The number of aromatic amines is 1. The Bertz CT molecular complexity index is 673. The maximum absolute atomic E-state index is 5.86. The van der Waals surface area contributed by atoms with Crippen LogP contribution in [-0.2, 0) is 0 Å². The molecule has 3 aromatic rings. The fraction of sp³-hybridized carbons (Fsp3) is 0.0909. The van der Waals surface area contributed by atoms with Gasteiger partial charge in [0.15, 0.2) is 5.65 Å². The minimum atomic E-state index is 0.550. The molecule has 3 heterocycles.